The summed E-state index contributed by atoms with van der Waals surface area (Å²) in [4.78, 5) is 4.71. The van der Waals surface area contributed by atoms with Gasteiger partial charge in [-0.2, -0.15) is 0 Å². The SMILES string of the molecule is CCOc1ccc2c(-c3cccc(OCC)c3OCC)ncc(OCC)c2c1.Cl. The van der Waals surface area contributed by atoms with Crippen LogP contribution in [0.4, 0.5) is 0 Å². The highest BCUT2D eigenvalue weighted by Gasteiger charge is 2.18. The molecule has 3 rings (SSSR count). The molecule has 6 heteroatoms. The van der Waals surface area contributed by atoms with Crippen LogP contribution >= 0.6 is 12.4 Å². The van der Waals surface area contributed by atoms with E-state index in [-0.39, 0.29) is 12.4 Å². The molecule has 1 heterocycles. The second-order valence-electron chi connectivity index (χ2n) is 6.04. The molecule has 0 amide bonds. The molecule has 0 aliphatic carbocycles. The molecule has 3 aromatic rings. The maximum Gasteiger partial charge on any atom is 0.170 e. The zero-order valence-electron chi connectivity index (χ0n) is 17.4. The molecule has 0 N–H and O–H groups in total. The Kier molecular flexibility index (Phi) is 8.40. The van der Waals surface area contributed by atoms with E-state index in [1.54, 1.807) is 6.20 Å². The number of pyridine rings is 1. The minimum atomic E-state index is 0. The van der Waals surface area contributed by atoms with E-state index >= 15 is 0 Å². The number of fused-ring (bicyclic) bond motifs is 1. The third-order valence-corrected chi connectivity index (χ3v) is 4.26. The van der Waals surface area contributed by atoms with Crippen molar-refractivity contribution in [3.05, 3.63) is 42.6 Å². The van der Waals surface area contributed by atoms with Gasteiger partial charge in [-0.3, -0.25) is 4.98 Å². The lowest BCUT2D eigenvalue weighted by Gasteiger charge is -2.17. The number of benzene rings is 2. The van der Waals surface area contributed by atoms with Crippen LogP contribution in [0.3, 0.4) is 0 Å². The summed E-state index contributed by atoms with van der Waals surface area (Å²) in [5, 5.41) is 1.94. The molecule has 29 heavy (non-hydrogen) atoms. The van der Waals surface area contributed by atoms with E-state index in [1.165, 1.54) is 0 Å². The van der Waals surface area contributed by atoms with Crippen LogP contribution in [0.25, 0.3) is 22.0 Å². The van der Waals surface area contributed by atoms with Gasteiger partial charge in [0.05, 0.1) is 38.3 Å². The number of nitrogens with zero attached hydrogens (tertiary/aromatic N) is 1. The normalized spacial score (nSPS) is 10.3. The number of rotatable bonds is 9. The van der Waals surface area contributed by atoms with Crippen molar-refractivity contribution >= 4 is 23.2 Å². The molecule has 1 aromatic heterocycles. The van der Waals surface area contributed by atoms with Gasteiger partial charge in [0.1, 0.15) is 11.5 Å². The monoisotopic (exact) mass is 417 g/mol. The summed E-state index contributed by atoms with van der Waals surface area (Å²) in [7, 11) is 0. The molecular weight excluding hydrogens is 390 g/mol. The molecule has 0 aliphatic rings. The quantitative estimate of drug-likeness (QED) is 0.432. The van der Waals surface area contributed by atoms with Crippen LogP contribution in [0.15, 0.2) is 42.6 Å². The third-order valence-electron chi connectivity index (χ3n) is 4.26. The molecule has 0 fully saturated rings. The molecular formula is C23H28ClNO4. The van der Waals surface area contributed by atoms with Crippen molar-refractivity contribution in [1.82, 2.24) is 4.98 Å². The largest absolute Gasteiger partial charge is 0.494 e. The van der Waals surface area contributed by atoms with E-state index in [1.807, 2.05) is 64.1 Å². The van der Waals surface area contributed by atoms with Gasteiger partial charge in [0.2, 0.25) is 0 Å². The summed E-state index contributed by atoms with van der Waals surface area (Å²) in [6.45, 7) is 10.1. The smallest absolute Gasteiger partial charge is 0.170 e. The summed E-state index contributed by atoms with van der Waals surface area (Å²) in [5.74, 6) is 2.97. The highest BCUT2D eigenvalue weighted by Crippen LogP contribution is 2.42. The Morgan fingerprint density at radius 2 is 1.41 bits per heavy atom. The average molecular weight is 418 g/mol. The van der Waals surface area contributed by atoms with Crippen LogP contribution in [0.5, 0.6) is 23.0 Å². The molecule has 0 saturated carbocycles. The Balaban J connectivity index is 0.00000300. The maximum absolute atomic E-state index is 5.94. The van der Waals surface area contributed by atoms with Crippen LogP contribution in [0, 0.1) is 0 Å². The Labute approximate surface area is 178 Å². The summed E-state index contributed by atoms with van der Waals surface area (Å²) in [6.07, 6.45) is 1.76. The van der Waals surface area contributed by atoms with Crippen molar-refractivity contribution in [2.24, 2.45) is 0 Å². The summed E-state index contributed by atoms with van der Waals surface area (Å²) >= 11 is 0. The van der Waals surface area contributed by atoms with Crippen LogP contribution < -0.4 is 18.9 Å². The van der Waals surface area contributed by atoms with Crippen molar-refractivity contribution in [3.63, 3.8) is 0 Å². The molecule has 2 aromatic carbocycles. The van der Waals surface area contributed by atoms with Crippen LogP contribution in [0.1, 0.15) is 27.7 Å². The second-order valence-corrected chi connectivity index (χ2v) is 6.04. The van der Waals surface area contributed by atoms with E-state index in [0.29, 0.717) is 32.2 Å². The first kappa shape index (κ1) is 22.6. The number of para-hydroxylation sites is 1. The zero-order valence-corrected chi connectivity index (χ0v) is 18.2. The van der Waals surface area contributed by atoms with Gasteiger partial charge < -0.3 is 18.9 Å². The topological polar surface area (TPSA) is 49.8 Å². The molecule has 5 nitrogen and oxygen atoms in total. The van der Waals surface area contributed by atoms with Gasteiger partial charge in [-0.05, 0) is 58.0 Å². The van der Waals surface area contributed by atoms with E-state index < -0.39 is 0 Å². The van der Waals surface area contributed by atoms with Crippen molar-refractivity contribution in [2.75, 3.05) is 26.4 Å². The van der Waals surface area contributed by atoms with Crippen LogP contribution in [-0.4, -0.2) is 31.4 Å². The number of hydrogen-bond acceptors (Lipinski definition) is 5. The first-order chi connectivity index (χ1) is 13.7. The molecule has 0 atom stereocenters. The Morgan fingerprint density at radius 1 is 0.724 bits per heavy atom. The van der Waals surface area contributed by atoms with Gasteiger partial charge in [0.15, 0.2) is 11.5 Å². The summed E-state index contributed by atoms with van der Waals surface area (Å²) in [5.41, 5.74) is 1.72. The molecule has 0 bridgehead atoms. The predicted molar refractivity (Wildman–Crippen MR) is 119 cm³/mol. The summed E-state index contributed by atoms with van der Waals surface area (Å²) < 4.78 is 23.2. The van der Waals surface area contributed by atoms with Gasteiger partial charge in [0.25, 0.3) is 0 Å². The first-order valence-corrected chi connectivity index (χ1v) is 9.80. The second kappa shape index (κ2) is 10.8. The standard InChI is InChI=1S/C23H27NO4.ClH/c1-5-25-16-12-13-17-19(14-16)21(27-7-3)15-24-22(17)18-10-9-11-20(26-6-2)23(18)28-8-4;/h9-15H,5-8H2,1-4H3;1H. The predicted octanol–water partition coefficient (Wildman–Crippen LogP) is 5.92. The molecule has 0 radical (unpaired) electrons. The molecule has 0 aliphatic heterocycles. The zero-order chi connectivity index (χ0) is 19.9. The number of ether oxygens (including phenoxy) is 4. The highest BCUT2D eigenvalue weighted by atomic mass is 35.5. The minimum Gasteiger partial charge on any atom is -0.494 e. The van der Waals surface area contributed by atoms with E-state index in [4.69, 9.17) is 23.9 Å². The lowest BCUT2D eigenvalue weighted by atomic mass is 10.0. The first-order valence-electron chi connectivity index (χ1n) is 9.80. The van der Waals surface area contributed by atoms with Crippen molar-refractivity contribution in [1.29, 1.82) is 0 Å². The number of aromatic nitrogens is 1. The molecule has 156 valence electrons. The van der Waals surface area contributed by atoms with Gasteiger partial charge >= 0.3 is 0 Å². The van der Waals surface area contributed by atoms with Crippen molar-refractivity contribution in [2.45, 2.75) is 27.7 Å². The van der Waals surface area contributed by atoms with Crippen LogP contribution in [-0.2, 0) is 0 Å². The fourth-order valence-electron chi connectivity index (χ4n) is 3.20. The van der Waals surface area contributed by atoms with Crippen LogP contribution in [0.2, 0.25) is 0 Å². The Morgan fingerprint density at radius 3 is 2.10 bits per heavy atom. The lowest BCUT2D eigenvalue weighted by Crippen LogP contribution is -2.01. The fraction of sp³-hybridized carbons (Fsp3) is 0.348. The van der Waals surface area contributed by atoms with E-state index in [0.717, 1.165) is 39.3 Å². The fourth-order valence-corrected chi connectivity index (χ4v) is 3.20. The summed E-state index contributed by atoms with van der Waals surface area (Å²) in [6, 6.07) is 11.9. The van der Waals surface area contributed by atoms with E-state index in [9.17, 15) is 0 Å². The number of hydrogen-bond donors (Lipinski definition) is 0. The molecule has 0 saturated heterocycles. The lowest BCUT2D eigenvalue weighted by molar-refractivity contribution is 0.289. The van der Waals surface area contributed by atoms with Gasteiger partial charge in [0, 0.05) is 16.3 Å². The van der Waals surface area contributed by atoms with E-state index in [2.05, 4.69) is 0 Å². The average Bonchev–Trinajstić information content (AvgIpc) is 2.70. The highest BCUT2D eigenvalue weighted by molar-refractivity contribution is 6.00. The van der Waals surface area contributed by atoms with Crippen molar-refractivity contribution in [3.8, 4) is 34.3 Å². The Bertz CT molecular complexity index is 946. The van der Waals surface area contributed by atoms with Crippen molar-refractivity contribution < 1.29 is 18.9 Å². The minimum absolute atomic E-state index is 0. The Hall–Kier alpha value is -2.66. The van der Waals surface area contributed by atoms with Gasteiger partial charge in [-0.15, -0.1) is 12.4 Å². The molecule has 0 unspecified atom stereocenters. The third kappa shape index (κ3) is 4.85. The van der Waals surface area contributed by atoms with Gasteiger partial charge in [-0.25, -0.2) is 0 Å². The van der Waals surface area contributed by atoms with Gasteiger partial charge in [-0.1, -0.05) is 6.07 Å². The maximum atomic E-state index is 5.94. The number of halogens is 1. The molecule has 0 spiro atoms.